The van der Waals surface area contributed by atoms with Gasteiger partial charge in [0.25, 0.3) is 0 Å². The van der Waals surface area contributed by atoms with Gasteiger partial charge in [0.15, 0.2) is 0 Å². The van der Waals surface area contributed by atoms with E-state index in [4.69, 9.17) is 0 Å². The van der Waals surface area contributed by atoms with Crippen LogP contribution in [0.2, 0.25) is 0 Å². The summed E-state index contributed by atoms with van der Waals surface area (Å²) in [6.45, 7) is 0. The summed E-state index contributed by atoms with van der Waals surface area (Å²) >= 11 is 2.07. The lowest BCUT2D eigenvalue weighted by atomic mass is 9.96. The van der Waals surface area contributed by atoms with Gasteiger partial charge in [-0.05, 0) is 37.1 Å². The van der Waals surface area contributed by atoms with E-state index in [1.165, 1.54) is 23.5 Å². The van der Waals surface area contributed by atoms with Crippen LogP contribution < -0.4 is 5.32 Å². The van der Waals surface area contributed by atoms with Crippen LogP contribution in [0.3, 0.4) is 0 Å². The monoisotopic (exact) mass is 225 g/mol. The molecule has 0 radical (unpaired) electrons. The maximum Gasteiger partial charge on any atom is 0.0521 e. The molecule has 0 amide bonds. The predicted octanol–water partition coefficient (Wildman–Crippen LogP) is 1.30. The van der Waals surface area contributed by atoms with Gasteiger partial charge in [0.2, 0.25) is 0 Å². The summed E-state index contributed by atoms with van der Waals surface area (Å²) in [5.74, 6) is 3.42. The average molecular weight is 225 g/mol. The van der Waals surface area contributed by atoms with Gasteiger partial charge < -0.3 is 5.32 Å². The Morgan fingerprint density at radius 1 is 1.60 bits per heavy atom. The van der Waals surface area contributed by atoms with Crippen LogP contribution in [0.4, 0.5) is 0 Å². The second kappa shape index (κ2) is 5.03. The van der Waals surface area contributed by atoms with Gasteiger partial charge in [-0.15, -0.1) is 0 Å². The first-order valence-electron chi connectivity index (χ1n) is 5.52. The minimum absolute atomic E-state index is 0.715. The topological polar surface area (TPSA) is 29.9 Å². The number of aryl methyl sites for hydroxylation is 2. The molecule has 2 rings (SSSR count). The predicted molar refractivity (Wildman–Crippen MR) is 65.2 cm³/mol. The van der Waals surface area contributed by atoms with Gasteiger partial charge in [0, 0.05) is 25.0 Å². The van der Waals surface area contributed by atoms with Crippen LogP contribution in [0.15, 0.2) is 12.4 Å². The van der Waals surface area contributed by atoms with Gasteiger partial charge in [0.1, 0.15) is 0 Å². The quantitative estimate of drug-likeness (QED) is 0.838. The SMILES string of the molecule is CNC1CSCC1CCc1cnn(C)c1. The molecular weight excluding hydrogens is 206 g/mol. The molecule has 2 heterocycles. The van der Waals surface area contributed by atoms with E-state index in [0.717, 1.165) is 12.3 Å². The van der Waals surface area contributed by atoms with E-state index in [-0.39, 0.29) is 0 Å². The van der Waals surface area contributed by atoms with E-state index >= 15 is 0 Å². The molecule has 15 heavy (non-hydrogen) atoms. The van der Waals surface area contributed by atoms with Crippen molar-refractivity contribution in [3.05, 3.63) is 18.0 Å². The Bertz CT molecular complexity index is 311. The fraction of sp³-hybridized carbons (Fsp3) is 0.727. The number of hydrogen-bond acceptors (Lipinski definition) is 3. The van der Waals surface area contributed by atoms with Crippen molar-refractivity contribution in [3.8, 4) is 0 Å². The molecule has 1 aliphatic rings. The maximum atomic E-state index is 4.20. The van der Waals surface area contributed by atoms with Gasteiger partial charge in [-0.3, -0.25) is 4.68 Å². The minimum Gasteiger partial charge on any atom is -0.316 e. The first-order valence-corrected chi connectivity index (χ1v) is 6.67. The van der Waals surface area contributed by atoms with Crippen molar-refractivity contribution in [3.63, 3.8) is 0 Å². The largest absolute Gasteiger partial charge is 0.316 e. The number of nitrogens with zero attached hydrogens (tertiary/aromatic N) is 2. The third-order valence-electron chi connectivity index (χ3n) is 3.13. The van der Waals surface area contributed by atoms with E-state index in [9.17, 15) is 0 Å². The molecule has 1 saturated heterocycles. The normalized spacial score (nSPS) is 26.0. The van der Waals surface area contributed by atoms with E-state index in [1.807, 2.05) is 17.9 Å². The molecule has 0 saturated carbocycles. The number of hydrogen-bond donors (Lipinski definition) is 1. The highest BCUT2D eigenvalue weighted by Crippen LogP contribution is 2.27. The standard InChI is InChI=1S/C11H19N3S/c1-12-11-8-15-7-10(11)4-3-9-5-13-14(2)6-9/h5-6,10-12H,3-4,7-8H2,1-2H3. The first-order chi connectivity index (χ1) is 7.29. The van der Waals surface area contributed by atoms with Gasteiger partial charge in [0.05, 0.1) is 6.20 Å². The summed E-state index contributed by atoms with van der Waals surface area (Å²) in [6.07, 6.45) is 6.55. The van der Waals surface area contributed by atoms with Crippen molar-refractivity contribution in [2.24, 2.45) is 13.0 Å². The van der Waals surface area contributed by atoms with E-state index < -0.39 is 0 Å². The van der Waals surface area contributed by atoms with Crippen LogP contribution in [-0.4, -0.2) is 34.4 Å². The van der Waals surface area contributed by atoms with Crippen molar-refractivity contribution in [1.29, 1.82) is 0 Å². The summed E-state index contributed by atoms with van der Waals surface area (Å²) in [7, 11) is 4.05. The Labute approximate surface area is 95.6 Å². The van der Waals surface area contributed by atoms with Crippen LogP contribution in [0.25, 0.3) is 0 Å². The van der Waals surface area contributed by atoms with Gasteiger partial charge >= 0.3 is 0 Å². The summed E-state index contributed by atoms with van der Waals surface area (Å²) in [5.41, 5.74) is 1.37. The van der Waals surface area contributed by atoms with Crippen LogP contribution in [-0.2, 0) is 13.5 Å². The third-order valence-corrected chi connectivity index (χ3v) is 4.39. The van der Waals surface area contributed by atoms with Crippen molar-refractivity contribution < 1.29 is 0 Å². The second-order valence-corrected chi connectivity index (χ2v) is 5.33. The molecular formula is C11H19N3S. The number of aromatic nitrogens is 2. The molecule has 0 bridgehead atoms. The number of nitrogens with one attached hydrogen (secondary N) is 1. The third kappa shape index (κ3) is 2.75. The highest BCUT2D eigenvalue weighted by Gasteiger charge is 2.25. The fourth-order valence-corrected chi connectivity index (χ4v) is 3.69. The summed E-state index contributed by atoms with van der Waals surface area (Å²) in [6, 6.07) is 0.715. The van der Waals surface area contributed by atoms with E-state index in [0.29, 0.717) is 6.04 Å². The molecule has 0 aliphatic carbocycles. The van der Waals surface area contributed by atoms with Crippen molar-refractivity contribution in [1.82, 2.24) is 15.1 Å². The molecule has 1 aromatic heterocycles. The highest BCUT2D eigenvalue weighted by molar-refractivity contribution is 7.99. The molecule has 84 valence electrons. The molecule has 1 fully saturated rings. The first kappa shape index (κ1) is 11.0. The zero-order chi connectivity index (χ0) is 10.7. The van der Waals surface area contributed by atoms with Gasteiger partial charge in [-0.25, -0.2) is 0 Å². The minimum atomic E-state index is 0.715. The highest BCUT2D eigenvalue weighted by atomic mass is 32.2. The average Bonchev–Trinajstić information content (AvgIpc) is 2.83. The number of rotatable bonds is 4. The Balaban J connectivity index is 1.82. The lowest BCUT2D eigenvalue weighted by Gasteiger charge is -2.17. The van der Waals surface area contributed by atoms with Crippen LogP contribution >= 0.6 is 11.8 Å². The van der Waals surface area contributed by atoms with Crippen molar-refractivity contribution >= 4 is 11.8 Å². The van der Waals surface area contributed by atoms with E-state index in [1.54, 1.807) is 0 Å². The molecule has 0 aromatic carbocycles. The Hall–Kier alpha value is -0.480. The Kier molecular flexibility index (Phi) is 3.70. The molecule has 0 spiro atoms. The lowest BCUT2D eigenvalue weighted by molar-refractivity contribution is 0.429. The van der Waals surface area contributed by atoms with E-state index in [2.05, 4.69) is 35.4 Å². The van der Waals surface area contributed by atoms with Gasteiger partial charge in [-0.2, -0.15) is 16.9 Å². The molecule has 1 aromatic rings. The smallest absolute Gasteiger partial charge is 0.0521 e. The maximum absolute atomic E-state index is 4.20. The number of thioether (sulfide) groups is 1. The zero-order valence-corrected chi connectivity index (χ0v) is 10.3. The van der Waals surface area contributed by atoms with Crippen LogP contribution in [0.1, 0.15) is 12.0 Å². The van der Waals surface area contributed by atoms with Crippen LogP contribution in [0, 0.1) is 5.92 Å². The summed E-state index contributed by atoms with van der Waals surface area (Å²) in [5, 5.41) is 7.61. The zero-order valence-electron chi connectivity index (χ0n) is 9.44. The molecule has 2 unspecified atom stereocenters. The van der Waals surface area contributed by atoms with Crippen LogP contribution in [0.5, 0.6) is 0 Å². The van der Waals surface area contributed by atoms with Crippen molar-refractivity contribution in [2.45, 2.75) is 18.9 Å². The van der Waals surface area contributed by atoms with Gasteiger partial charge in [-0.1, -0.05) is 0 Å². The second-order valence-electron chi connectivity index (χ2n) is 4.25. The summed E-state index contributed by atoms with van der Waals surface area (Å²) < 4.78 is 1.88. The molecule has 1 aliphatic heterocycles. The molecule has 4 heteroatoms. The fourth-order valence-electron chi connectivity index (χ4n) is 2.16. The summed E-state index contributed by atoms with van der Waals surface area (Å²) in [4.78, 5) is 0. The molecule has 3 nitrogen and oxygen atoms in total. The lowest BCUT2D eigenvalue weighted by Crippen LogP contribution is -2.32. The molecule has 2 atom stereocenters. The Morgan fingerprint density at radius 2 is 2.47 bits per heavy atom. The molecule has 1 N–H and O–H groups in total. The Morgan fingerprint density at radius 3 is 3.13 bits per heavy atom. The van der Waals surface area contributed by atoms with Crippen molar-refractivity contribution in [2.75, 3.05) is 18.6 Å².